The van der Waals surface area contributed by atoms with E-state index in [1.165, 1.54) is 18.2 Å². The predicted molar refractivity (Wildman–Crippen MR) is 122 cm³/mol. The van der Waals surface area contributed by atoms with Gasteiger partial charge in [0.25, 0.3) is 5.91 Å². The lowest BCUT2D eigenvalue weighted by atomic mass is 9.97. The minimum absolute atomic E-state index is 0.0829. The lowest BCUT2D eigenvalue weighted by molar-refractivity contribution is -0.173. The fraction of sp³-hybridized carbons (Fsp3) is 0.200. The minimum Gasteiger partial charge on any atom is -0.362 e. The highest BCUT2D eigenvalue weighted by Crippen LogP contribution is 2.46. The molecule has 0 saturated carbocycles. The van der Waals surface area contributed by atoms with E-state index in [1.54, 1.807) is 24.3 Å². The Morgan fingerprint density at radius 2 is 1.84 bits per heavy atom. The number of benzene rings is 2. The number of hydrogen-bond acceptors (Lipinski definition) is 3. The molecule has 3 aromatic rings. The maximum Gasteiger partial charge on any atom is 0.410 e. The van der Waals surface area contributed by atoms with Crippen LogP contribution in [0.25, 0.3) is 0 Å². The molecule has 0 saturated heterocycles. The zero-order chi connectivity index (χ0) is 23.2. The number of carbonyl (C=O) groups excluding carboxylic acids is 1. The van der Waals surface area contributed by atoms with Crippen LogP contribution in [0.15, 0.2) is 46.9 Å². The first-order valence-corrected chi connectivity index (χ1v) is 11.1. The molecule has 1 aliphatic heterocycles. The fourth-order valence-electron chi connectivity index (χ4n) is 3.42. The van der Waals surface area contributed by atoms with Crippen LogP contribution in [0.1, 0.15) is 34.6 Å². The molecule has 0 fully saturated rings. The number of nitrogens with one attached hydrogen (secondary N) is 2. The molecular weight excluding hydrogens is 556 g/mol. The lowest BCUT2D eigenvalue weighted by Gasteiger charge is -2.33. The summed E-state index contributed by atoms with van der Waals surface area (Å²) < 4.78 is 43.2. The Labute approximate surface area is 204 Å². The number of anilines is 2. The number of aromatic nitrogens is 2. The largest absolute Gasteiger partial charge is 0.410 e. The number of hydrogen-bond donors (Lipinski definition) is 2. The molecule has 4 rings (SSSR count). The molecule has 12 heteroatoms. The molecule has 5 nitrogen and oxygen atoms in total. The Morgan fingerprint density at radius 1 is 1.16 bits per heavy atom. The van der Waals surface area contributed by atoms with Crippen molar-refractivity contribution < 1.29 is 18.0 Å². The molecule has 2 heterocycles. The molecule has 1 amide bonds. The van der Waals surface area contributed by atoms with E-state index in [0.29, 0.717) is 10.6 Å². The monoisotopic (exact) mass is 566 g/mol. The second-order valence-corrected chi connectivity index (χ2v) is 9.21. The number of alkyl halides is 3. The van der Waals surface area contributed by atoms with Crippen molar-refractivity contribution in [2.75, 3.05) is 10.6 Å². The third-order valence-corrected chi connectivity index (χ3v) is 6.40. The van der Waals surface area contributed by atoms with Crippen molar-refractivity contribution in [3.05, 3.63) is 73.3 Å². The van der Waals surface area contributed by atoms with Crippen molar-refractivity contribution in [2.45, 2.75) is 24.7 Å². The molecule has 32 heavy (non-hydrogen) atoms. The summed E-state index contributed by atoms with van der Waals surface area (Å²) in [4.78, 5) is 12.8. The molecule has 1 aliphatic rings. The molecule has 2 N–H and O–H groups in total. The summed E-state index contributed by atoms with van der Waals surface area (Å²) in [5, 5.41) is 9.69. The Bertz CT molecular complexity index is 1180. The number of amides is 1. The molecule has 2 atom stereocenters. The van der Waals surface area contributed by atoms with Gasteiger partial charge < -0.3 is 10.6 Å². The normalized spacial score (nSPS) is 18.1. The molecule has 0 unspecified atom stereocenters. The predicted octanol–water partition coefficient (Wildman–Crippen LogP) is 7.52. The Kier molecular flexibility index (Phi) is 6.37. The number of fused-ring (bicyclic) bond motifs is 1. The van der Waals surface area contributed by atoms with Crippen LogP contribution in [0, 0.1) is 0 Å². The van der Waals surface area contributed by atoms with Gasteiger partial charge in [0.2, 0.25) is 0 Å². The van der Waals surface area contributed by atoms with Crippen LogP contribution >= 0.6 is 50.7 Å². The number of nitrogens with zero attached hydrogens (tertiary/aromatic N) is 2. The van der Waals surface area contributed by atoms with Gasteiger partial charge in [-0.05, 0) is 35.9 Å². The highest BCUT2D eigenvalue weighted by atomic mass is 79.9. The second-order valence-electron chi connectivity index (χ2n) is 7.08. The van der Waals surface area contributed by atoms with Gasteiger partial charge in [0.15, 0.2) is 11.7 Å². The lowest BCUT2D eigenvalue weighted by Crippen LogP contribution is -2.35. The summed E-state index contributed by atoms with van der Waals surface area (Å²) in [6, 6.07) is 8.64. The summed E-state index contributed by atoms with van der Waals surface area (Å²) in [5.41, 5.74) is 0.506. The zero-order valence-electron chi connectivity index (χ0n) is 15.9. The van der Waals surface area contributed by atoms with Crippen LogP contribution in [0.2, 0.25) is 15.1 Å². The van der Waals surface area contributed by atoms with Crippen molar-refractivity contribution in [3.63, 3.8) is 0 Å². The summed E-state index contributed by atoms with van der Waals surface area (Å²) in [5.74, 6) is -0.885. The van der Waals surface area contributed by atoms with Gasteiger partial charge in [-0.2, -0.15) is 18.3 Å². The molecule has 0 spiro atoms. The SMILES string of the molecule is O=C(Nc1ccc(Cl)cc1Cl)c1nn2c(c1Cl)N[C@@H](c1ccc(Br)cc1)C[C@H]2C(F)(F)F. The zero-order valence-corrected chi connectivity index (χ0v) is 19.7. The first kappa shape index (κ1) is 23.2. The maximum absolute atomic E-state index is 13.9. The summed E-state index contributed by atoms with van der Waals surface area (Å²) in [6.07, 6.45) is -4.92. The summed E-state index contributed by atoms with van der Waals surface area (Å²) >= 11 is 21.5. The first-order chi connectivity index (χ1) is 15.0. The van der Waals surface area contributed by atoms with Crippen LogP contribution in [0.5, 0.6) is 0 Å². The Hall–Kier alpha value is -1.94. The number of halogens is 7. The van der Waals surface area contributed by atoms with Crippen molar-refractivity contribution in [2.24, 2.45) is 0 Å². The Balaban J connectivity index is 1.70. The van der Waals surface area contributed by atoms with E-state index in [9.17, 15) is 18.0 Å². The molecule has 0 bridgehead atoms. The second kappa shape index (κ2) is 8.78. The van der Waals surface area contributed by atoms with E-state index in [0.717, 1.165) is 9.15 Å². The highest BCUT2D eigenvalue weighted by molar-refractivity contribution is 9.10. The van der Waals surface area contributed by atoms with Gasteiger partial charge in [0.1, 0.15) is 10.8 Å². The third kappa shape index (κ3) is 4.57. The molecule has 0 radical (unpaired) electrons. The van der Waals surface area contributed by atoms with Crippen molar-refractivity contribution in [3.8, 4) is 0 Å². The van der Waals surface area contributed by atoms with E-state index in [1.807, 2.05) is 0 Å². The quantitative estimate of drug-likeness (QED) is 0.344. The van der Waals surface area contributed by atoms with Crippen LogP contribution in [0.4, 0.5) is 24.7 Å². The standard InChI is InChI=1S/C20H13BrCl3F3N4O/c21-10-3-1-9(2-4-10)14-8-15(20(25,26)27)31-18(28-14)16(24)17(30-31)19(32)29-13-6-5-11(22)7-12(13)23/h1-7,14-15,28H,8H2,(H,29,32)/t14-,15+/m1/s1. The van der Waals surface area contributed by atoms with Crippen molar-refractivity contribution >= 4 is 68.1 Å². The van der Waals surface area contributed by atoms with Gasteiger partial charge in [0.05, 0.1) is 16.8 Å². The Morgan fingerprint density at radius 3 is 2.47 bits per heavy atom. The van der Waals surface area contributed by atoms with Gasteiger partial charge in [0, 0.05) is 15.9 Å². The van der Waals surface area contributed by atoms with Crippen molar-refractivity contribution in [1.29, 1.82) is 0 Å². The van der Waals surface area contributed by atoms with Crippen molar-refractivity contribution in [1.82, 2.24) is 9.78 Å². The van der Waals surface area contributed by atoms with Gasteiger partial charge in [-0.1, -0.05) is 62.9 Å². The minimum atomic E-state index is -4.60. The van der Waals surface area contributed by atoms with E-state index >= 15 is 0 Å². The smallest absolute Gasteiger partial charge is 0.362 e. The van der Waals surface area contributed by atoms with E-state index in [-0.39, 0.29) is 33.7 Å². The average molecular weight is 569 g/mol. The van der Waals surface area contributed by atoms with Crippen LogP contribution in [-0.4, -0.2) is 21.9 Å². The van der Waals surface area contributed by atoms with Crippen LogP contribution < -0.4 is 10.6 Å². The molecular formula is C20H13BrCl3F3N4O. The molecule has 168 valence electrons. The number of carbonyl (C=O) groups is 1. The maximum atomic E-state index is 13.9. The topological polar surface area (TPSA) is 59.0 Å². The fourth-order valence-corrected chi connectivity index (χ4v) is 4.41. The molecule has 2 aromatic carbocycles. The van der Waals surface area contributed by atoms with Gasteiger partial charge in [-0.25, -0.2) is 4.68 Å². The number of rotatable bonds is 3. The molecule has 1 aromatic heterocycles. The third-order valence-electron chi connectivity index (χ3n) is 4.96. The van der Waals surface area contributed by atoms with Gasteiger partial charge in [-0.15, -0.1) is 0 Å². The van der Waals surface area contributed by atoms with E-state index in [4.69, 9.17) is 34.8 Å². The van der Waals surface area contributed by atoms with E-state index in [2.05, 4.69) is 31.7 Å². The van der Waals surface area contributed by atoms with Gasteiger partial charge in [-0.3, -0.25) is 4.79 Å². The first-order valence-electron chi connectivity index (χ1n) is 9.17. The average Bonchev–Trinajstić information content (AvgIpc) is 3.06. The van der Waals surface area contributed by atoms with Gasteiger partial charge >= 0.3 is 6.18 Å². The summed E-state index contributed by atoms with van der Waals surface area (Å²) in [7, 11) is 0. The highest BCUT2D eigenvalue weighted by Gasteiger charge is 2.47. The van der Waals surface area contributed by atoms with E-state index < -0.39 is 24.2 Å². The van der Waals surface area contributed by atoms with Crippen LogP contribution in [0.3, 0.4) is 0 Å². The molecule has 0 aliphatic carbocycles. The van der Waals surface area contributed by atoms with Crippen LogP contribution in [-0.2, 0) is 0 Å². The summed E-state index contributed by atoms with van der Waals surface area (Å²) in [6.45, 7) is 0.